The number of hydrogen-bond donors (Lipinski definition) is 1. The maximum absolute atomic E-state index is 12.9. The summed E-state index contributed by atoms with van der Waals surface area (Å²) in [5.41, 5.74) is -0.624. The number of nitrogens with zero attached hydrogens (tertiary/aromatic N) is 6. The van der Waals surface area contributed by atoms with Gasteiger partial charge in [0.2, 0.25) is 5.88 Å². The molecule has 0 amide bonds. The average molecular weight is 453 g/mol. The summed E-state index contributed by atoms with van der Waals surface area (Å²) < 4.78 is 74.6. The fourth-order valence-electron chi connectivity index (χ4n) is 2.89. The molecule has 4 heterocycles. The Kier molecular flexibility index (Phi) is 4.80. The first-order chi connectivity index (χ1) is 14.6. The molecule has 0 saturated heterocycles. The smallest absolute Gasteiger partial charge is 0.433 e. The summed E-state index contributed by atoms with van der Waals surface area (Å²) in [4.78, 5) is 7.06. The number of anilines is 1. The van der Waals surface area contributed by atoms with E-state index >= 15 is 0 Å². The van der Waals surface area contributed by atoms with Crippen LogP contribution < -0.4 is 9.46 Å². The molecule has 4 aromatic rings. The molecule has 0 aromatic carbocycles. The number of pyridine rings is 2. The Labute approximate surface area is 173 Å². The van der Waals surface area contributed by atoms with E-state index in [4.69, 9.17) is 4.74 Å². The summed E-state index contributed by atoms with van der Waals surface area (Å²) in [6.07, 6.45) is 1.41. The maximum Gasteiger partial charge on any atom is 0.433 e. The van der Waals surface area contributed by atoms with Gasteiger partial charge in [0, 0.05) is 24.8 Å². The minimum atomic E-state index is -4.65. The van der Waals surface area contributed by atoms with Gasteiger partial charge in [0.25, 0.3) is 10.0 Å². The Morgan fingerprint density at radius 3 is 2.61 bits per heavy atom. The highest BCUT2D eigenvalue weighted by Crippen LogP contribution is 2.33. The number of rotatable bonds is 5. The second-order valence-corrected chi connectivity index (χ2v) is 8.02. The predicted octanol–water partition coefficient (Wildman–Crippen LogP) is 2.38. The van der Waals surface area contributed by atoms with Gasteiger partial charge in [-0.1, -0.05) is 0 Å². The van der Waals surface area contributed by atoms with E-state index in [2.05, 4.69) is 24.9 Å². The van der Waals surface area contributed by atoms with Crippen LogP contribution in [0.25, 0.3) is 16.6 Å². The topological polar surface area (TPSA) is 117 Å². The van der Waals surface area contributed by atoms with Crippen molar-refractivity contribution in [2.24, 2.45) is 7.05 Å². The molecule has 1 N–H and O–H groups in total. The fraction of sp³-hybridized carbons (Fsp3) is 0.176. The Hall–Kier alpha value is -3.68. The Morgan fingerprint density at radius 2 is 1.90 bits per heavy atom. The number of nitrogens with one attached hydrogen (secondary N) is 1. The van der Waals surface area contributed by atoms with E-state index in [0.29, 0.717) is 10.9 Å². The Balaban J connectivity index is 1.72. The van der Waals surface area contributed by atoms with Crippen LogP contribution in [-0.2, 0) is 23.2 Å². The number of aromatic nitrogens is 6. The summed E-state index contributed by atoms with van der Waals surface area (Å²) in [6, 6.07) is 2.04. The average Bonchev–Trinajstić information content (AvgIpc) is 3.36. The fourth-order valence-corrected chi connectivity index (χ4v) is 3.89. The second-order valence-electron chi connectivity index (χ2n) is 6.34. The van der Waals surface area contributed by atoms with E-state index < -0.39 is 21.9 Å². The minimum absolute atomic E-state index is 0.00300. The van der Waals surface area contributed by atoms with E-state index in [-0.39, 0.29) is 22.2 Å². The molecule has 0 aliphatic heterocycles. The van der Waals surface area contributed by atoms with Gasteiger partial charge in [-0.25, -0.2) is 18.1 Å². The normalized spacial score (nSPS) is 12.3. The number of ether oxygens (including phenoxy) is 1. The van der Waals surface area contributed by atoms with Gasteiger partial charge in [-0.15, -0.1) is 0 Å². The first kappa shape index (κ1) is 20.6. The molecule has 0 atom stereocenters. The van der Waals surface area contributed by atoms with Gasteiger partial charge in [-0.3, -0.25) is 14.4 Å². The van der Waals surface area contributed by atoms with Crippen LogP contribution in [0, 0.1) is 0 Å². The van der Waals surface area contributed by atoms with Crippen LogP contribution in [0.3, 0.4) is 0 Å². The van der Waals surface area contributed by atoms with Gasteiger partial charge >= 0.3 is 6.18 Å². The highest BCUT2D eigenvalue weighted by Gasteiger charge is 2.32. The van der Waals surface area contributed by atoms with Gasteiger partial charge in [-0.05, 0) is 12.1 Å². The number of methoxy groups -OCH3 is 1. The molecule has 14 heteroatoms. The summed E-state index contributed by atoms with van der Waals surface area (Å²) in [6.45, 7) is 0. The Bertz CT molecular complexity index is 1380. The zero-order chi connectivity index (χ0) is 22.4. The summed E-state index contributed by atoms with van der Waals surface area (Å²) in [5, 5.41) is 8.52. The zero-order valence-electron chi connectivity index (χ0n) is 16.0. The third kappa shape index (κ3) is 3.76. The molecule has 0 unspecified atom stereocenters. The van der Waals surface area contributed by atoms with Crippen LogP contribution in [0.4, 0.5) is 18.9 Å². The lowest BCUT2D eigenvalue weighted by Crippen LogP contribution is -2.14. The number of fused-ring (bicyclic) bond motifs is 1. The van der Waals surface area contributed by atoms with Gasteiger partial charge in [0.15, 0.2) is 0 Å². The molecule has 0 radical (unpaired) electrons. The first-order valence-electron chi connectivity index (χ1n) is 8.56. The Morgan fingerprint density at radius 1 is 1.13 bits per heavy atom. The van der Waals surface area contributed by atoms with Crippen LogP contribution >= 0.6 is 0 Å². The number of sulfonamides is 1. The predicted molar refractivity (Wildman–Crippen MR) is 102 cm³/mol. The molecule has 0 spiro atoms. The number of alkyl halides is 3. The molecule has 0 bridgehead atoms. The highest BCUT2D eigenvalue weighted by atomic mass is 32.2. The third-order valence-corrected chi connectivity index (χ3v) is 5.64. The van der Waals surface area contributed by atoms with E-state index in [9.17, 15) is 21.6 Å². The molecule has 0 aliphatic carbocycles. The van der Waals surface area contributed by atoms with Gasteiger partial charge in [0.05, 0.1) is 36.9 Å². The van der Waals surface area contributed by atoms with Crippen molar-refractivity contribution in [3.05, 3.63) is 48.8 Å². The van der Waals surface area contributed by atoms with Crippen molar-refractivity contribution in [2.75, 3.05) is 11.8 Å². The van der Waals surface area contributed by atoms with Gasteiger partial charge < -0.3 is 4.74 Å². The van der Waals surface area contributed by atoms with Crippen molar-refractivity contribution < 1.29 is 26.3 Å². The van der Waals surface area contributed by atoms with Crippen molar-refractivity contribution in [3.8, 4) is 11.6 Å². The largest absolute Gasteiger partial charge is 0.479 e. The number of halogens is 3. The third-order valence-electron chi connectivity index (χ3n) is 4.34. The molecule has 0 saturated carbocycles. The molecule has 4 aromatic heterocycles. The van der Waals surface area contributed by atoms with Crippen LogP contribution in [0.5, 0.6) is 5.88 Å². The van der Waals surface area contributed by atoms with Crippen molar-refractivity contribution in [3.63, 3.8) is 0 Å². The molecule has 0 fully saturated rings. The lowest BCUT2D eigenvalue weighted by molar-refractivity contribution is -0.141. The monoisotopic (exact) mass is 453 g/mol. The quantitative estimate of drug-likeness (QED) is 0.493. The molecular formula is C17H14F3N7O3S. The lowest BCUT2D eigenvalue weighted by atomic mass is 10.3. The van der Waals surface area contributed by atoms with Crippen LogP contribution in [-0.4, -0.2) is 45.1 Å². The summed E-state index contributed by atoms with van der Waals surface area (Å²) >= 11 is 0. The molecule has 0 aliphatic rings. The minimum Gasteiger partial charge on any atom is -0.479 e. The highest BCUT2D eigenvalue weighted by molar-refractivity contribution is 7.92. The molecule has 4 rings (SSSR count). The van der Waals surface area contributed by atoms with Crippen molar-refractivity contribution in [1.82, 2.24) is 29.5 Å². The van der Waals surface area contributed by atoms with Crippen molar-refractivity contribution >= 4 is 26.6 Å². The SMILES string of the molecule is COc1ncc2cnn(C)c2c1NS(=O)(=O)c1cnn(-c2ccnc(C(F)(F)F)c2)c1. The van der Waals surface area contributed by atoms with E-state index in [1.807, 2.05) is 0 Å². The summed E-state index contributed by atoms with van der Waals surface area (Å²) in [7, 11) is -1.23. The number of hydrogen-bond acceptors (Lipinski definition) is 7. The maximum atomic E-state index is 12.9. The molecule has 162 valence electrons. The van der Waals surface area contributed by atoms with Crippen molar-refractivity contribution in [2.45, 2.75) is 11.1 Å². The second kappa shape index (κ2) is 7.23. The van der Waals surface area contributed by atoms with Crippen LogP contribution in [0.15, 0.2) is 48.0 Å². The van der Waals surface area contributed by atoms with Crippen molar-refractivity contribution in [1.29, 1.82) is 0 Å². The molecular weight excluding hydrogens is 439 g/mol. The van der Waals surface area contributed by atoms with E-state index in [0.717, 1.165) is 29.3 Å². The van der Waals surface area contributed by atoms with E-state index in [1.165, 1.54) is 30.3 Å². The summed E-state index contributed by atoms with van der Waals surface area (Å²) in [5.74, 6) is 0.0241. The standard InChI is InChI=1S/C17H14F3N7O3S/c1-26-15-10(7-23-26)6-22-16(30-2)14(15)25-31(28,29)12-8-24-27(9-12)11-3-4-21-13(5-11)17(18,19)20/h3-9,25H,1-2H3. The number of aryl methyl sites for hydroxylation is 1. The van der Waals surface area contributed by atoms with E-state index in [1.54, 1.807) is 7.05 Å². The molecule has 31 heavy (non-hydrogen) atoms. The van der Waals surface area contributed by atoms with Gasteiger partial charge in [-0.2, -0.15) is 23.4 Å². The van der Waals surface area contributed by atoms with Crippen LogP contribution in [0.2, 0.25) is 0 Å². The molecule has 10 nitrogen and oxygen atoms in total. The van der Waals surface area contributed by atoms with Crippen LogP contribution in [0.1, 0.15) is 5.69 Å². The lowest BCUT2D eigenvalue weighted by Gasteiger charge is -2.12. The zero-order valence-corrected chi connectivity index (χ0v) is 16.8. The van der Waals surface area contributed by atoms with Gasteiger partial charge in [0.1, 0.15) is 16.3 Å². The first-order valence-corrected chi connectivity index (χ1v) is 10.0.